The van der Waals surface area contributed by atoms with E-state index in [9.17, 15) is 0 Å². The molecular formula is C12H13Cl2CsO2. The van der Waals surface area contributed by atoms with E-state index in [4.69, 9.17) is 32.7 Å². The van der Waals surface area contributed by atoms with Gasteiger partial charge in [0.1, 0.15) is 6.29 Å². The van der Waals surface area contributed by atoms with Crippen molar-refractivity contribution in [1.82, 2.24) is 0 Å². The van der Waals surface area contributed by atoms with Crippen LogP contribution in [0.4, 0.5) is 0 Å². The fourth-order valence-electron chi connectivity index (χ4n) is 1.59. The molecule has 1 aliphatic rings. The number of benzene rings is 1. The maximum atomic E-state index is 6.03. The molecule has 0 radical (unpaired) electrons. The van der Waals surface area contributed by atoms with Crippen LogP contribution in [0.1, 0.15) is 18.9 Å². The van der Waals surface area contributed by atoms with Gasteiger partial charge in [0, 0.05) is 15.6 Å². The molecular weight excluding hydrogens is 380 g/mol. The zero-order chi connectivity index (χ0) is 11.5. The van der Waals surface area contributed by atoms with Crippen LogP contribution in [0.15, 0.2) is 18.2 Å². The molecule has 1 aromatic carbocycles. The van der Waals surface area contributed by atoms with Gasteiger partial charge in [-0.2, -0.15) is 0 Å². The summed E-state index contributed by atoms with van der Waals surface area (Å²) in [5.74, 6) is 0.437. The molecule has 0 aliphatic carbocycles. The Morgan fingerprint density at radius 3 is 2.59 bits per heavy atom. The second-order valence-corrected chi connectivity index (χ2v) is 4.74. The normalized spacial score (nSPS) is 23.5. The van der Waals surface area contributed by atoms with E-state index in [0.29, 0.717) is 22.6 Å². The summed E-state index contributed by atoms with van der Waals surface area (Å²) in [6, 6.07) is 5.42. The summed E-state index contributed by atoms with van der Waals surface area (Å²) >= 11 is 12.1. The number of hydrogen-bond acceptors (Lipinski definition) is 2. The maximum Gasteiger partial charge on any atom is 1.00 e. The Morgan fingerprint density at radius 1 is 1.41 bits per heavy atom. The first kappa shape index (κ1) is 16.8. The molecule has 2 atom stereocenters. The predicted molar refractivity (Wildman–Crippen MR) is 64.2 cm³/mol. The van der Waals surface area contributed by atoms with Crippen LogP contribution < -0.4 is 68.9 Å². The number of hydrogen-bond donors (Lipinski definition) is 0. The van der Waals surface area contributed by atoms with Gasteiger partial charge >= 0.3 is 68.9 Å². The molecule has 0 N–H and O–H groups in total. The zero-order valence-electron chi connectivity index (χ0n) is 9.95. The average molecular weight is 393 g/mol. The van der Waals surface area contributed by atoms with Gasteiger partial charge in [0.2, 0.25) is 0 Å². The van der Waals surface area contributed by atoms with E-state index in [0.717, 1.165) is 12.0 Å². The van der Waals surface area contributed by atoms with Gasteiger partial charge in [0.25, 0.3) is 0 Å². The summed E-state index contributed by atoms with van der Waals surface area (Å²) in [6.45, 7) is 4.27. The van der Waals surface area contributed by atoms with Gasteiger partial charge in [-0.05, 0) is 18.6 Å². The van der Waals surface area contributed by atoms with Gasteiger partial charge in [-0.25, -0.2) is 6.61 Å². The molecule has 1 heterocycles. The predicted octanol–water partition coefficient (Wildman–Crippen LogP) is 1.06. The minimum absolute atomic E-state index is 0. The van der Waals surface area contributed by atoms with Crippen molar-refractivity contribution in [1.29, 1.82) is 0 Å². The minimum atomic E-state index is -0.178. The monoisotopic (exact) mass is 392 g/mol. The maximum absolute atomic E-state index is 6.03. The second-order valence-electron chi connectivity index (χ2n) is 3.93. The van der Waals surface area contributed by atoms with Crippen molar-refractivity contribution in [3.8, 4) is 0 Å². The van der Waals surface area contributed by atoms with Crippen LogP contribution in [-0.2, 0) is 16.1 Å². The second kappa shape index (κ2) is 8.15. The molecule has 1 unspecified atom stereocenters. The molecule has 0 spiro atoms. The molecule has 5 heteroatoms. The van der Waals surface area contributed by atoms with E-state index in [2.05, 4.69) is 6.92 Å². The number of ether oxygens (including phenoxy) is 2. The van der Waals surface area contributed by atoms with Gasteiger partial charge in [0.05, 0.1) is 6.61 Å². The first-order valence-electron chi connectivity index (χ1n) is 5.20. The van der Waals surface area contributed by atoms with Gasteiger partial charge in [-0.15, -0.1) is 5.92 Å². The Hall–Kier alpha value is 1.77. The van der Waals surface area contributed by atoms with Crippen molar-refractivity contribution in [3.63, 3.8) is 0 Å². The Balaban J connectivity index is 0.00000144. The minimum Gasteiger partial charge on any atom is -0.529 e. The van der Waals surface area contributed by atoms with Crippen molar-refractivity contribution >= 4 is 23.2 Å². The summed E-state index contributed by atoms with van der Waals surface area (Å²) in [7, 11) is 0. The molecule has 2 nitrogen and oxygen atoms in total. The quantitative estimate of drug-likeness (QED) is 0.716. The Kier molecular flexibility index (Phi) is 8.06. The topological polar surface area (TPSA) is 18.5 Å². The van der Waals surface area contributed by atoms with Crippen LogP contribution in [-0.4, -0.2) is 6.29 Å². The summed E-state index contributed by atoms with van der Waals surface area (Å²) in [5, 5.41) is 1.25. The van der Waals surface area contributed by atoms with Gasteiger partial charge in [-0.3, -0.25) is 0 Å². The molecule has 1 aromatic rings. The molecule has 1 fully saturated rings. The van der Waals surface area contributed by atoms with Crippen molar-refractivity contribution in [3.05, 3.63) is 40.4 Å². The Morgan fingerprint density at radius 2 is 2.06 bits per heavy atom. The summed E-state index contributed by atoms with van der Waals surface area (Å²) in [6.07, 6.45) is 0.699. The standard InChI is InChI=1S/C12H13Cl2O2.Cs/c1-8-5-12(15-6-8)16-7-9-10(13)3-2-4-11(9)14;/h2-4,6,8,12H,5,7H2,1H3;/q-1;+1/t8-,12?;/m1./s1. The molecule has 88 valence electrons. The van der Waals surface area contributed by atoms with Crippen LogP contribution in [0.5, 0.6) is 0 Å². The summed E-state index contributed by atoms with van der Waals surface area (Å²) < 4.78 is 10.9. The van der Waals surface area contributed by atoms with E-state index in [1.807, 2.05) is 6.07 Å². The van der Waals surface area contributed by atoms with E-state index in [-0.39, 0.29) is 75.2 Å². The van der Waals surface area contributed by atoms with E-state index in [1.54, 1.807) is 18.7 Å². The third-order valence-corrected chi connectivity index (χ3v) is 3.21. The largest absolute Gasteiger partial charge is 1.00 e. The number of rotatable bonds is 3. The average Bonchev–Trinajstić information content (AvgIpc) is 2.63. The third-order valence-electron chi connectivity index (χ3n) is 2.50. The van der Waals surface area contributed by atoms with Crippen molar-refractivity contribution in [2.45, 2.75) is 26.2 Å². The van der Waals surface area contributed by atoms with Gasteiger partial charge < -0.3 is 9.47 Å². The van der Waals surface area contributed by atoms with Crippen molar-refractivity contribution in [2.75, 3.05) is 0 Å². The zero-order valence-corrected chi connectivity index (χ0v) is 17.7. The van der Waals surface area contributed by atoms with Gasteiger partial charge in [-0.1, -0.05) is 36.2 Å². The molecule has 0 aromatic heterocycles. The van der Waals surface area contributed by atoms with Crippen LogP contribution in [0.2, 0.25) is 10.0 Å². The van der Waals surface area contributed by atoms with Crippen molar-refractivity contribution in [2.24, 2.45) is 5.92 Å². The van der Waals surface area contributed by atoms with Crippen molar-refractivity contribution < 1.29 is 78.4 Å². The van der Waals surface area contributed by atoms with E-state index >= 15 is 0 Å². The third kappa shape index (κ3) is 4.99. The van der Waals surface area contributed by atoms with Crippen LogP contribution in [0.25, 0.3) is 0 Å². The van der Waals surface area contributed by atoms with E-state index in [1.165, 1.54) is 0 Å². The fraction of sp³-hybridized carbons (Fsp3) is 0.417. The fourth-order valence-corrected chi connectivity index (χ4v) is 2.10. The van der Waals surface area contributed by atoms with Gasteiger partial charge in [0.15, 0.2) is 0 Å². The Bertz CT molecular complexity index is 353. The molecule has 0 saturated carbocycles. The SMILES string of the molecule is C[C@H]1[CH-]OC(OCc2c(Cl)cccc2Cl)C1.[Cs+]. The molecule has 0 amide bonds. The van der Waals surface area contributed by atoms with Crippen LogP contribution in [0, 0.1) is 12.5 Å². The molecule has 2 rings (SSSR count). The first-order chi connectivity index (χ1) is 7.66. The Labute approximate surface area is 171 Å². The number of halogens is 2. The molecule has 1 saturated heterocycles. The smallest absolute Gasteiger partial charge is 0.529 e. The van der Waals surface area contributed by atoms with Crippen LogP contribution in [0.3, 0.4) is 0 Å². The van der Waals surface area contributed by atoms with Crippen LogP contribution >= 0.6 is 23.2 Å². The molecule has 0 bridgehead atoms. The summed E-state index contributed by atoms with van der Waals surface area (Å²) in [4.78, 5) is 0. The first-order valence-corrected chi connectivity index (χ1v) is 5.95. The molecule has 17 heavy (non-hydrogen) atoms. The summed E-state index contributed by atoms with van der Waals surface area (Å²) in [5.41, 5.74) is 0.814. The van der Waals surface area contributed by atoms with E-state index < -0.39 is 0 Å². The molecule has 1 aliphatic heterocycles.